The second-order valence-electron chi connectivity index (χ2n) is 6.90. The van der Waals surface area contributed by atoms with E-state index in [1.165, 1.54) is 4.90 Å². The van der Waals surface area contributed by atoms with Crippen molar-refractivity contribution in [2.24, 2.45) is 0 Å². The van der Waals surface area contributed by atoms with Crippen molar-refractivity contribution in [3.05, 3.63) is 60.3 Å². The molecule has 1 fully saturated rings. The fourth-order valence-electron chi connectivity index (χ4n) is 3.58. The van der Waals surface area contributed by atoms with Crippen LogP contribution in [-0.4, -0.2) is 48.6 Å². The number of pyridine rings is 1. The van der Waals surface area contributed by atoms with Gasteiger partial charge in [-0.2, -0.15) is 0 Å². The fraction of sp³-hybridized carbons (Fsp3) is 0.227. The van der Waals surface area contributed by atoms with E-state index in [1.54, 1.807) is 12.0 Å². The molecule has 0 radical (unpaired) electrons. The van der Waals surface area contributed by atoms with Crippen molar-refractivity contribution in [3.63, 3.8) is 0 Å². The van der Waals surface area contributed by atoms with Gasteiger partial charge in [-0.05, 0) is 31.2 Å². The molecule has 0 unspecified atom stereocenters. The van der Waals surface area contributed by atoms with Crippen LogP contribution in [0.25, 0.3) is 10.9 Å². The number of aromatic nitrogens is 1. The molecule has 0 saturated carbocycles. The minimum atomic E-state index is -0.240. The van der Waals surface area contributed by atoms with Crippen molar-refractivity contribution in [1.82, 2.24) is 9.88 Å². The van der Waals surface area contributed by atoms with E-state index in [9.17, 15) is 9.59 Å². The van der Waals surface area contributed by atoms with Crippen LogP contribution in [0.5, 0.6) is 5.75 Å². The smallest absolute Gasteiger partial charge is 0.325 e. The van der Waals surface area contributed by atoms with Gasteiger partial charge in [-0.3, -0.25) is 14.7 Å². The molecule has 1 N–H and O–H groups in total. The highest BCUT2D eigenvalue weighted by Gasteiger charge is 2.32. The van der Waals surface area contributed by atoms with Gasteiger partial charge in [0.1, 0.15) is 12.3 Å². The van der Waals surface area contributed by atoms with E-state index in [-0.39, 0.29) is 18.5 Å². The summed E-state index contributed by atoms with van der Waals surface area (Å²) in [4.78, 5) is 33.2. The summed E-state index contributed by atoms with van der Waals surface area (Å²) in [5, 5.41) is 3.80. The molecule has 1 saturated heterocycles. The van der Waals surface area contributed by atoms with Crippen LogP contribution in [0.3, 0.4) is 0 Å². The highest BCUT2D eigenvalue weighted by atomic mass is 16.5. The van der Waals surface area contributed by atoms with Crippen molar-refractivity contribution in [3.8, 4) is 5.75 Å². The largest absolute Gasteiger partial charge is 0.495 e. The zero-order chi connectivity index (χ0) is 20.4. The Hall–Kier alpha value is -3.61. The van der Waals surface area contributed by atoms with Crippen LogP contribution in [0.4, 0.5) is 16.2 Å². The Morgan fingerprint density at radius 3 is 2.72 bits per heavy atom. The highest BCUT2D eigenvalue weighted by molar-refractivity contribution is 6.04. The van der Waals surface area contributed by atoms with Gasteiger partial charge in [0.2, 0.25) is 5.91 Å². The standard InChI is InChI=1S/C22H22N4O3/c1-15-13-18(16-7-3-4-8-17(16)23-15)24-21(27)14-25-11-12-26(22(25)28)19-9-5-6-10-20(19)29-2/h3-10,13H,11-12,14H2,1-2H3,(H,23,24,27). The van der Waals surface area contributed by atoms with E-state index in [4.69, 9.17) is 4.74 Å². The number of amides is 3. The predicted octanol–water partition coefficient (Wildman–Crippen LogP) is 3.43. The first kappa shape index (κ1) is 18.7. The maximum atomic E-state index is 12.8. The van der Waals surface area contributed by atoms with E-state index in [0.29, 0.717) is 30.2 Å². The summed E-state index contributed by atoms with van der Waals surface area (Å²) in [6.07, 6.45) is 0. The van der Waals surface area contributed by atoms with E-state index >= 15 is 0 Å². The number of hydrogen-bond donors (Lipinski definition) is 1. The molecule has 1 aromatic heterocycles. The number of nitrogens with one attached hydrogen (secondary N) is 1. The number of methoxy groups -OCH3 is 1. The average molecular weight is 390 g/mol. The molecule has 7 heteroatoms. The van der Waals surface area contributed by atoms with E-state index in [2.05, 4.69) is 10.3 Å². The van der Waals surface area contributed by atoms with Gasteiger partial charge in [0, 0.05) is 24.2 Å². The normalized spacial score (nSPS) is 13.8. The molecule has 0 atom stereocenters. The molecule has 148 valence electrons. The average Bonchev–Trinajstić information content (AvgIpc) is 3.07. The van der Waals surface area contributed by atoms with Gasteiger partial charge in [-0.25, -0.2) is 4.79 Å². The van der Waals surface area contributed by atoms with Gasteiger partial charge in [-0.1, -0.05) is 30.3 Å². The molecule has 1 aliphatic heterocycles. The minimum absolute atomic E-state index is 0.0137. The number of urea groups is 1. The van der Waals surface area contributed by atoms with Gasteiger partial charge >= 0.3 is 6.03 Å². The zero-order valence-electron chi connectivity index (χ0n) is 16.4. The number of carbonyl (C=O) groups excluding carboxylic acids is 2. The Balaban J connectivity index is 1.48. The summed E-state index contributed by atoms with van der Waals surface area (Å²) in [5.41, 5.74) is 3.05. The predicted molar refractivity (Wildman–Crippen MR) is 112 cm³/mol. The lowest BCUT2D eigenvalue weighted by Gasteiger charge is -2.20. The summed E-state index contributed by atoms with van der Waals surface area (Å²) in [5.74, 6) is 0.391. The molecular formula is C22H22N4O3. The first-order chi connectivity index (χ1) is 14.1. The first-order valence-corrected chi connectivity index (χ1v) is 9.42. The lowest BCUT2D eigenvalue weighted by atomic mass is 10.1. The molecule has 0 aliphatic carbocycles. The van der Waals surface area contributed by atoms with Crippen LogP contribution in [0.2, 0.25) is 0 Å². The van der Waals surface area contributed by atoms with Crippen LogP contribution >= 0.6 is 0 Å². The molecule has 3 amide bonds. The van der Waals surface area contributed by atoms with Gasteiger partial charge < -0.3 is 15.0 Å². The summed E-state index contributed by atoms with van der Waals surface area (Å²) < 4.78 is 5.36. The van der Waals surface area contributed by atoms with Crippen LogP contribution in [-0.2, 0) is 4.79 Å². The first-order valence-electron chi connectivity index (χ1n) is 9.42. The molecule has 1 aliphatic rings. The minimum Gasteiger partial charge on any atom is -0.495 e. The Labute approximate surface area is 168 Å². The van der Waals surface area contributed by atoms with Crippen LogP contribution in [0, 0.1) is 6.92 Å². The monoisotopic (exact) mass is 390 g/mol. The molecular weight excluding hydrogens is 368 g/mol. The Morgan fingerprint density at radius 1 is 1.14 bits per heavy atom. The summed E-state index contributed by atoms with van der Waals surface area (Å²) in [6, 6.07) is 16.6. The zero-order valence-corrected chi connectivity index (χ0v) is 16.4. The number of hydrogen-bond acceptors (Lipinski definition) is 4. The number of ether oxygens (including phenoxy) is 1. The second kappa shape index (κ2) is 7.79. The number of nitrogens with zero attached hydrogens (tertiary/aromatic N) is 3. The second-order valence-corrected chi connectivity index (χ2v) is 6.90. The SMILES string of the molecule is COc1ccccc1N1CCN(CC(=O)Nc2cc(C)nc3ccccc23)C1=O. The lowest BCUT2D eigenvalue weighted by molar-refractivity contribution is -0.116. The maximum Gasteiger partial charge on any atom is 0.325 e. The lowest BCUT2D eigenvalue weighted by Crippen LogP contribution is -2.37. The van der Waals surface area contributed by atoms with Gasteiger partial charge in [0.05, 0.1) is 24.0 Å². The molecule has 3 aromatic rings. The van der Waals surface area contributed by atoms with Crippen molar-refractivity contribution in [2.75, 3.05) is 37.0 Å². The Morgan fingerprint density at radius 2 is 1.90 bits per heavy atom. The third-order valence-corrected chi connectivity index (χ3v) is 4.92. The Kier molecular flexibility index (Phi) is 5.03. The van der Waals surface area contributed by atoms with Crippen molar-refractivity contribution >= 4 is 34.2 Å². The van der Waals surface area contributed by atoms with Crippen LogP contribution < -0.4 is 15.0 Å². The van der Waals surface area contributed by atoms with Gasteiger partial charge in [-0.15, -0.1) is 0 Å². The molecule has 29 heavy (non-hydrogen) atoms. The number of anilines is 2. The van der Waals surface area contributed by atoms with Gasteiger partial charge in [0.25, 0.3) is 0 Å². The summed E-state index contributed by atoms with van der Waals surface area (Å²) in [6.45, 7) is 2.85. The summed E-state index contributed by atoms with van der Waals surface area (Å²) in [7, 11) is 1.58. The van der Waals surface area contributed by atoms with Crippen molar-refractivity contribution in [2.45, 2.75) is 6.92 Å². The Bertz CT molecular complexity index is 1080. The van der Waals surface area contributed by atoms with Crippen molar-refractivity contribution < 1.29 is 14.3 Å². The summed E-state index contributed by atoms with van der Waals surface area (Å²) >= 11 is 0. The number of fused-ring (bicyclic) bond motifs is 1. The number of benzene rings is 2. The third kappa shape index (κ3) is 3.71. The molecule has 2 heterocycles. The molecule has 0 spiro atoms. The quantitative estimate of drug-likeness (QED) is 0.724. The number of para-hydroxylation sites is 3. The van der Waals surface area contributed by atoms with E-state index in [1.807, 2.05) is 61.5 Å². The number of carbonyl (C=O) groups is 2. The van der Waals surface area contributed by atoms with Crippen LogP contribution in [0.1, 0.15) is 5.69 Å². The third-order valence-electron chi connectivity index (χ3n) is 4.92. The maximum absolute atomic E-state index is 12.8. The topological polar surface area (TPSA) is 74.8 Å². The van der Waals surface area contributed by atoms with Crippen molar-refractivity contribution in [1.29, 1.82) is 0 Å². The molecule has 2 aromatic carbocycles. The molecule has 7 nitrogen and oxygen atoms in total. The van der Waals surface area contributed by atoms with Crippen LogP contribution in [0.15, 0.2) is 54.6 Å². The molecule has 4 rings (SSSR count). The van der Waals surface area contributed by atoms with E-state index < -0.39 is 0 Å². The number of rotatable bonds is 5. The fourth-order valence-corrected chi connectivity index (χ4v) is 3.58. The number of aryl methyl sites for hydroxylation is 1. The van der Waals surface area contributed by atoms with E-state index in [0.717, 1.165) is 16.6 Å². The van der Waals surface area contributed by atoms with Gasteiger partial charge in [0.15, 0.2) is 0 Å². The molecule has 0 bridgehead atoms. The highest BCUT2D eigenvalue weighted by Crippen LogP contribution is 2.30.